The lowest BCUT2D eigenvalue weighted by molar-refractivity contribution is 0.149. The van der Waals surface area contributed by atoms with Crippen LogP contribution in [0.3, 0.4) is 0 Å². The van der Waals surface area contributed by atoms with E-state index in [0.29, 0.717) is 0 Å². The van der Waals surface area contributed by atoms with Crippen LogP contribution < -0.4 is 0 Å². The molecule has 3 heterocycles. The molecule has 0 aliphatic carbocycles. The molecule has 2 atom stereocenters. The van der Waals surface area contributed by atoms with Crippen molar-refractivity contribution >= 4 is 0 Å². The summed E-state index contributed by atoms with van der Waals surface area (Å²) in [5.41, 5.74) is 0. The highest BCUT2D eigenvalue weighted by Gasteiger charge is 2.42. The molecule has 0 aromatic heterocycles. The molecule has 0 aromatic carbocycles. The zero-order chi connectivity index (χ0) is 7.97. The van der Waals surface area contributed by atoms with Gasteiger partial charge in [0.15, 0.2) is 0 Å². The molecule has 2 nitrogen and oxygen atoms in total. The third kappa shape index (κ3) is 0.944. The lowest BCUT2D eigenvalue weighted by Crippen LogP contribution is -2.37. The van der Waals surface area contributed by atoms with Gasteiger partial charge in [0.2, 0.25) is 0 Å². The largest absolute Gasteiger partial charge is 0.286 e. The van der Waals surface area contributed by atoms with Gasteiger partial charge in [0.1, 0.15) is 0 Å². The standard InChI is InChI=1S/C10H18N2/c1-2-5-11-7-8-12-6-4-9(3-1)10(11)12/h9-10H,1-8H2. The maximum atomic E-state index is 2.73. The molecular weight excluding hydrogens is 148 g/mol. The van der Waals surface area contributed by atoms with E-state index in [-0.39, 0.29) is 0 Å². The Bertz CT molecular complexity index is 163. The minimum absolute atomic E-state index is 0.868. The van der Waals surface area contributed by atoms with Gasteiger partial charge in [-0.1, -0.05) is 6.42 Å². The molecule has 0 spiro atoms. The van der Waals surface area contributed by atoms with Gasteiger partial charge in [-0.2, -0.15) is 0 Å². The molecule has 0 amide bonds. The summed E-state index contributed by atoms with van der Waals surface area (Å²) >= 11 is 0. The summed E-state index contributed by atoms with van der Waals surface area (Å²) in [6, 6.07) is 0. The quantitative estimate of drug-likeness (QED) is 0.532. The molecule has 3 rings (SSSR count). The zero-order valence-corrected chi connectivity index (χ0v) is 7.71. The van der Waals surface area contributed by atoms with Crippen molar-refractivity contribution in [3.8, 4) is 0 Å². The Morgan fingerprint density at radius 3 is 2.50 bits per heavy atom. The van der Waals surface area contributed by atoms with Gasteiger partial charge in [-0.3, -0.25) is 9.80 Å². The van der Waals surface area contributed by atoms with Crippen LogP contribution >= 0.6 is 0 Å². The minimum Gasteiger partial charge on any atom is -0.286 e. The van der Waals surface area contributed by atoms with Gasteiger partial charge >= 0.3 is 0 Å². The van der Waals surface area contributed by atoms with Crippen LogP contribution in [0.4, 0.5) is 0 Å². The van der Waals surface area contributed by atoms with E-state index in [1.54, 1.807) is 0 Å². The van der Waals surface area contributed by atoms with E-state index in [1.165, 1.54) is 51.9 Å². The van der Waals surface area contributed by atoms with Crippen LogP contribution in [0.25, 0.3) is 0 Å². The molecule has 3 aliphatic heterocycles. The number of hydrogen-bond acceptors (Lipinski definition) is 2. The Labute approximate surface area is 74.5 Å². The molecule has 2 heteroatoms. The Kier molecular flexibility index (Phi) is 1.66. The summed E-state index contributed by atoms with van der Waals surface area (Å²) in [6.45, 7) is 5.45. The van der Waals surface area contributed by atoms with E-state index >= 15 is 0 Å². The fraction of sp³-hybridized carbons (Fsp3) is 1.00. The lowest BCUT2D eigenvalue weighted by Gasteiger charge is -2.26. The van der Waals surface area contributed by atoms with Crippen molar-refractivity contribution in [2.75, 3.05) is 26.2 Å². The Morgan fingerprint density at radius 2 is 1.58 bits per heavy atom. The van der Waals surface area contributed by atoms with Crippen molar-refractivity contribution in [1.82, 2.24) is 9.80 Å². The van der Waals surface area contributed by atoms with E-state index in [2.05, 4.69) is 9.80 Å². The van der Waals surface area contributed by atoms with Gasteiger partial charge in [-0.15, -0.1) is 0 Å². The first-order valence-electron chi connectivity index (χ1n) is 5.43. The fourth-order valence-corrected chi connectivity index (χ4v) is 3.33. The topological polar surface area (TPSA) is 6.48 Å². The normalized spacial score (nSPS) is 43.0. The maximum absolute atomic E-state index is 2.73. The third-order valence-corrected chi connectivity index (χ3v) is 3.90. The van der Waals surface area contributed by atoms with Crippen LogP contribution in [0.15, 0.2) is 0 Å². The summed E-state index contributed by atoms with van der Waals surface area (Å²) in [4.78, 5) is 5.43. The highest BCUT2D eigenvalue weighted by atomic mass is 15.4. The van der Waals surface area contributed by atoms with Gasteiger partial charge in [0.05, 0.1) is 6.17 Å². The number of hydrogen-bond donors (Lipinski definition) is 0. The first-order valence-corrected chi connectivity index (χ1v) is 5.43. The lowest BCUT2D eigenvalue weighted by atomic mass is 10.0. The van der Waals surface area contributed by atoms with E-state index < -0.39 is 0 Å². The zero-order valence-electron chi connectivity index (χ0n) is 7.71. The number of nitrogens with zero attached hydrogens (tertiary/aromatic N) is 2. The van der Waals surface area contributed by atoms with Gasteiger partial charge < -0.3 is 0 Å². The summed E-state index contributed by atoms with van der Waals surface area (Å²) in [7, 11) is 0. The van der Waals surface area contributed by atoms with E-state index in [4.69, 9.17) is 0 Å². The molecule has 12 heavy (non-hydrogen) atoms. The second-order valence-electron chi connectivity index (χ2n) is 4.53. The molecule has 68 valence electrons. The fourth-order valence-electron chi connectivity index (χ4n) is 3.33. The molecule has 3 fully saturated rings. The van der Waals surface area contributed by atoms with Crippen LogP contribution in [0.1, 0.15) is 25.7 Å². The Morgan fingerprint density at radius 1 is 0.750 bits per heavy atom. The predicted octanol–water partition coefficient (Wildman–Crippen LogP) is 1.13. The van der Waals surface area contributed by atoms with Crippen LogP contribution in [-0.2, 0) is 0 Å². The molecule has 0 radical (unpaired) electrons. The van der Waals surface area contributed by atoms with E-state index in [0.717, 1.165) is 12.1 Å². The minimum atomic E-state index is 0.868. The van der Waals surface area contributed by atoms with Gasteiger partial charge in [-0.25, -0.2) is 0 Å². The van der Waals surface area contributed by atoms with Crippen LogP contribution in [-0.4, -0.2) is 42.1 Å². The molecule has 0 bridgehead atoms. The summed E-state index contributed by atoms with van der Waals surface area (Å²) in [6.07, 6.45) is 6.76. The average molecular weight is 166 g/mol. The Balaban J connectivity index is 1.85. The van der Waals surface area contributed by atoms with Crippen LogP contribution in [0.5, 0.6) is 0 Å². The molecule has 0 aromatic rings. The highest BCUT2D eigenvalue weighted by Crippen LogP contribution is 2.36. The summed E-state index contributed by atoms with van der Waals surface area (Å²) in [5.74, 6) is 1.02. The second-order valence-corrected chi connectivity index (χ2v) is 4.53. The van der Waals surface area contributed by atoms with Crippen molar-refractivity contribution < 1.29 is 0 Å². The van der Waals surface area contributed by atoms with E-state index in [9.17, 15) is 0 Å². The summed E-state index contributed by atoms with van der Waals surface area (Å²) < 4.78 is 0. The first kappa shape index (κ1) is 7.34. The highest BCUT2D eigenvalue weighted by molar-refractivity contribution is 4.93. The summed E-state index contributed by atoms with van der Waals surface area (Å²) in [5, 5.41) is 0. The van der Waals surface area contributed by atoms with Crippen molar-refractivity contribution in [3.05, 3.63) is 0 Å². The smallest absolute Gasteiger partial charge is 0.0652 e. The van der Waals surface area contributed by atoms with Gasteiger partial charge in [-0.05, 0) is 31.7 Å². The van der Waals surface area contributed by atoms with Crippen molar-refractivity contribution in [3.63, 3.8) is 0 Å². The van der Waals surface area contributed by atoms with Crippen LogP contribution in [0, 0.1) is 5.92 Å². The van der Waals surface area contributed by atoms with Gasteiger partial charge in [0.25, 0.3) is 0 Å². The monoisotopic (exact) mass is 166 g/mol. The predicted molar refractivity (Wildman–Crippen MR) is 48.9 cm³/mol. The first-order chi connectivity index (χ1) is 5.95. The van der Waals surface area contributed by atoms with Crippen LogP contribution in [0.2, 0.25) is 0 Å². The SMILES string of the molecule is C1CCN2CCN3CCC(C1)C23. The molecule has 0 N–H and O–H groups in total. The molecule has 3 aliphatic rings. The maximum Gasteiger partial charge on any atom is 0.0652 e. The molecule has 0 saturated carbocycles. The van der Waals surface area contributed by atoms with Crippen molar-refractivity contribution in [2.45, 2.75) is 31.8 Å². The van der Waals surface area contributed by atoms with Gasteiger partial charge in [0, 0.05) is 19.6 Å². The Hall–Kier alpha value is -0.0800. The second kappa shape index (κ2) is 2.71. The molecule has 3 saturated heterocycles. The average Bonchev–Trinajstić information content (AvgIpc) is 2.57. The third-order valence-electron chi connectivity index (χ3n) is 3.90. The van der Waals surface area contributed by atoms with E-state index in [1.807, 2.05) is 0 Å². The molecule has 2 unspecified atom stereocenters. The molecular formula is C10H18N2. The van der Waals surface area contributed by atoms with Crippen molar-refractivity contribution in [2.24, 2.45) is 5.92 Å². The van der Waals surface area contributed by atoms with Crippen molar-refractivity contribution in [1.29, 1.82) is 0 Å². The number of rotatable bonds is 0.